The Kier molecular flexibility index (Phi) is 5.37. The van der Waals surface area contributed by atoms with Crippen LogP contribution in [-0.4, -0.2) is 18.3 Å². The van der Waals surface area contributed by atoms with Crippen LogP contribution in [0.4, 0.5) is 5.13 Å². The summed E-state index contributed by atoms with van der Waals surface area (Å²) in [7, 11) is 1.98. The van der Waals surface area contributed by atoms with Gasteiger partial charge in [-0.15, -0.1) is 0 Å². The standard InChI is InChI=1S/C16H19ClN2OS/c1-4-11(2)15-14(10-20)21-16(18-15)19(3)9-12-6-5-7-13(17)8-12/h5-8,10-11H,4,9H2,1-3H3. The SMILES string of the molecule is CCC(C)c1nc(N(C)Cc2cccc(Cl)c2)sc1C=O. The van der Waals surface area contributed by atoms with Crippen LogP contribution < -0.4 is 4.90 Å². The van der Waals surface area contributed by atoms with Gasteiger partial charge in [0.05, 0.1) is 10.6 Å². The number of nitrogens with zero attached hydrogens (tertiary/aromatic N) is 2. The lowest BCUT2D eigenvalue weighted by molar-refractivity contribution is 0.112. The van der Waals surface area contributed by atoms with E-state index in [2.05, 4.69) is 23.7 Å². The Balaban J connectivity index is 2.21. The molecule has 2 aromatic rings. The van der Waals surface area contributed by atoms with Gasteiger partial charge in [-0.1, -0.05) is 48.9 Å². The van der Waals surface area contributed by atoms with Crippen molar-refractivity contribution in [3.8, 4) is 0 Å². The Labute approximate surface area is 134 Å². The van der Waals surface area contributed by atoms with E-state index in [4.69, 9.17) is 11.6 Å². The Bertz CT molecular complexity index is 626. The third-order valence-electron chi connectivity index (χ3n) is 3.49. The molecule has 0 amide bonds. The predicted molar refractivity (Wildman–Crippen MR) is 89.8 cm³/mol. The number of rotatable bonds is 6. The summed E-state index contributed by atoms with van der Waals surface area (Å²) in [6.45, 7) is 4.92. The molecule has 0 saturated heterocycles. The van der Waals surface area contributed by atoms with Crippen molar-refractivity contribution >= 4 is 34.4 Å². The zero-order chi connectivity index (χ0) is 15.4. The second-order valence-corrected chi connectivity index (χ2v) is 6.60. The van der Waals surface area contributed by atoms with Crippen molar-refractivity contribution in [3.05, 3.63) is 45.4 Å². The number of aromatic nitrogens is 1. The van der Waals surface area contributed by atoms with Crippen LogP contribution in [0.1, 0.15) is 47.1 Å². The minimum atomic E-state index is 0.301. The van der Waals surface area contributed by atoms with Gasteiger partial charge in [0, 0.05) is 18.6 Å². The van der Waals surface area contributed by atoms with Gasteiger partial charge in [0.1, 0.15) is 0 Å². The monoisotopic (exact) mass is 322 g/mol. The van der Waals surface area contributed by atoms with Gasteiger partial charge >= 0.3 is 0 Å². The smallest absolute Gasteiger partial charge is 0.186 e. The van der Waals surface area contributed by atoms with Crippen LogP contribution in [-0.2, 0) is 6.54 Å². The normalized spacial score (nSPS) is 12.2. The fourth-order valence-electron chi connectivity index (χ4n) is 2.10. The molecule has 1 atom stereocenters. The molecule has 0 radical (unpaired) electrons. The van der Waals surface area contributed by atoms with Crippen LogP contribution in [0.25, 0.3) is 0 Å². The second-order valence-electron chi connectivity index (χ2n) is 5.16. The summed E-state index contributed by atoms with van der Waals surface area (Å²) in [6.07, 6.45) is 1.89. The molecule has 1 aromatic carbocycles. The average Bonchev–Trinajstić information content (AvgIpc) is 2.90. The Morgan fingerprint density at radius 2 is 2.24 bits per heavy atom. The molecule has 2 rings (SSSR count). The highest BCUT2D eigenvalue weighted by molar-refractivity contribution is 7.17. The van der Waals surface area contributed by atoms with Crippen molar-refractivity contribution in [2.45, 2.75) is 32.7 Å². The van der Waals surface area contributed by atoms with Crippen molar-refractivity contribution in [1.82, 2.24) is 4.98 Å². The zero-order valence-corrected chi connectivity index (χ0v) is 14.0. The molecule has 112 valence electrons. The number of aldehydes is 1. The molecule has 0 spiro atoms. The predicted octanol–water partition coefficient (Wildman–Crippen LogP) is 4.76. The molecule has 0 bridgehead atoms. The highest BCUT2D eigenvalue weighted by Crippen LogP contribution is 2.31. The summed E-state index contributed by atoms with van der Waals surface area (Å²) in [5.74, 6) is 0.301. The van der Waals surface area contributed by atoms with Gasteiger partial charge in [-0.3, -0.25) is 4.79 Å². The van der Waals surface area contributed by atoms with Gasteiger partial charge in [-0.25, -0.2) is 4.98 Å². The Morgan fingerprint density at radius 1 is 1.48 bits per heavy atom. The van der Waals surface area contributed by atoms with E-state index in [0.29, 0.717) is 12.5 Å². The summed E-state index contributed by atoms with van der Waals surface area (Å²) in [4.78, 5) is 18.7. The minimum Gasteiger partial charge on any atom is -0.347 e. The second kappa shape index (κ2) is 7.05. The van der Waals surface area contributed by atoms with Gasteiger partial charge in [0.25, 0.3) is 0 Å². The fraction of sp³-hybridized carbons (Fsp3) is 0.375. The summed E-state index contributed by atoms with van der Waals surface area (Å²) < 4.78 is 0. The highest BCUT2D eigenvalue weighted by atomic mass is 35.5. The van der Waals surface area contributed by atoms with E-state index >= 15 is 0 Å². The molecule has 3 nitrogen and oxygen atoms in total. The summed E-state index contributed by atoms with van der Waals surface area (Å²) >= 11 is 7.46. The topological polar surface area (TPSA) is 33.2 Å². The van der Waals surface area contributed by atoms with Crippen LogP contribution in [0.15, 0.2) is 24.3 Å². The molecule has 0 aliphatic rings. The number of benzene rings is 1. The van der Waals surface area contributed by atoms with E-state index in [1.54, 1.807) is 0 Å². The molecule has 21 heavy (non-hydrogen) atoms. The van der Waals surface area contributed by atoms with Crippen molar-refractivity contribution in [1.29, 1.82) is 0 Å². The lowest BCUT2D eigenvalue weighted by Gasteiger charge is -2.16. The Morgan fingerprint density at radius 3 is 2.86 bits per heavy atom. The quantitative estimate of drug-likeness (QED) is 0.719. The number of thiazole rings is 1. The maximum Gasteiger partial charge on any atom is 0.186 e. The number of carbonyl (C=O) groups is 1. The number of carbonyl (C=O) groups excluding carboxylic acids is 1. The van der Waals surface area contributed by atoms with Gasteiger partial charge in [-0.05, 0) is 30.0 Å². The highest BCUT2D eigenvalue weighted by Gasteiger charge is 2.17. The number of hydrogen-bond acceptors (Lipinski definition) is 4. The van der Waals surface area contributed by atoms with Gasteiger partial charge < -0.3 is 4.90 Å². The van der Waals surface area contributed by atoms with Crippen molar-refractivity contribution < 1.29 is 4.79 Å². The molecule has 5 heteroatoms. The Hall–Kier alpha value is -1.39. The van der Waals surface area contributed by atoms with Crippen molar-refractivity contribution in [2.75, 3.05) is 11.9 Å². The molecule has 0 saturated carbocycles. The number of anilines is 1. The molecule has 1 aromatic heterocycles. The molecule has 0 aliphatic carbocycles. The van der Waals surface area contributed by atoms with E-state index in [9.17, 15) is 4.79 Å². The first-order chi connectivity index (χ1) is 10.0. The lowest BCUT2D eigenvalue weighted by Crippen LogP contribution is -2.16. The first kappa shape index (κ1) is 16.0. The lowest BCUT2D eigenvalue weighted by atomic mass is 10.0. The van der Waals surface area contributed by atoms with Crippen LogP contribution in [0, 0.1) is 0 Å². The van der Waals surface area contributed by atoms with Crippen LogP contribution in [0.2, 0.25) is 5.02 Å². The third kappa shape index (κ3) is 3.83. The average molecular weight is 323 g/mol. The minimum absolute atomic E-state index is 0.301. The number of halogens is 1. The number of hydrogen-bond donors (Lipinski definition) is 0. The third-order valence-corrected chi connectivity index (χ3v) is 4.84. The maximum absolute atomic E-state index is 11.2. The molecule has 0 fully saturated rings. The molecular formula is C16H19ClN2OS. The molecule has 1 heterocycles. The molecule has 0 N–H and O–H groups in total. The first-order valence-electron chi connectivity index (χ1n) is 6.96. The van der Waals surface area contributed by atoms with Gasteiger partial charge in [-0.2, -0.15) is 0 Å². The van der Waals surface area contributed by atoms with E-state index in [1.807, 2.05) is 31.3 Å². The van der Waals surface area contributed by atoms with Crippen molar-refractivity contribution in [3.63, 3.8) is 0 Å². The summed E-state index contributed by atoms with van der Waals surface area (Å²) in [5, 5.41) is 1.60. The largest absolute Gasteiger partial charge is 0.347 e. The fourth-order valence-corrected chi connectivity index (χ4v) is 3.28. The summed E-state index contributed by atoms with van der Waals surface area (Å²) in [5.41, 5.74) is 2.03. The van der Waals surface area contributed by atoms with E-state index in [0.717, 1.165) is 39.0 Å². The summed E-state index contributed by atoms with van der Waals surface area (Å²) in [6, 6.07) is 7.78. The van der Waals surface area contributed by atoms with E-state index in [-0.39, 0.29) is 0 Å². The van der Waals surface area contributed by atoms with Crippen LogP contribution >= 0.6 is 22.9 Å². The zero-order valence-electron chi connectivity index (χ0n) is 12.5. The van der Waals surface area contributed by atoms with Crippen LogP contribution in [0.5, 0.6) is 0 Å². The van der Waals surface area contributed by atoms with E-state index < -0.39 is 0 Å². The first-order valence-corrected chi connectivity index (χ1v) is 8.16. The molecule has 1 unspecified atom stereocenters. The van der Waals surface area contributed by atoms with Gasteiger partial charge in [0.15, 0.2) is 11.4 Å². The van der Waals surface area contributed by atoms with Gasteiger partial charge in [0.2, 0.25) is 0 Å². The molecule has 0 aliphatic heterocycles. The van der Waals surface area contributed by atoms with E-state index in [1.165, 1.54) is 11.3 Å². The van der Waals surface area contributed by atoms with Crippen molar-refractivity contribution in [2.24, 2.45) is 0 Å². The molecular weight excluding hydrogens is 304 g/mol. The van der Waals surface area contributed by atoms with Crippen LogP contribution in [0.3, 0.4) is 0 Å². The maximum atomic E-state index is 11.2.